The molecule has 0 bridgehead atoms. The van der Waals surface area contributed by atoms with Crippen molar-refractivity contribution < 1.29 is 23.4 Å². The summed E-state index contributed by atoms with van der Waals surface area (Å²) in [6.07, 6.45) is 11.8. The Kier molecular flexibility index (Phi) is 10.5. The third-order valence-electron chi connectivity index (χ3n) is 4.75. The van der Waals surface area contributed by atoms with Crippen LogP contribution in [0.3, 0.4) is 0 Å². The molecule has 1 aromatic carbocycles. The molecule has 6 heteroatoms. The number of fused-ring (bicyclic) bond motifs is 1. The predicted molar refractivity (Wildman–Crippen MR) is 131 cm³/mol. The van der Waals surface area contributed by atoms with Crippen LogP contribution < -0.4 is 19.8 Å². The van der Waals surface area contributed by atoms with Gasteiger partial charge in [0.05, 0.1) is 6.61 Å². The highest BCUT2D eigenvalue weighted by molar-refractivity contribution is 5.92. The first-order valence-electron chi connectivity index (χ1n) is 11.3. The molecule has 0 radical (unpaired) electrons. The highest BCUT2D eigenvalue weighted by Gasteiger charge is 2.22. The van der Waals surface area contributed by atoms with Gasteiger partial charge in [0.25, 0.3) is 5.75 Å². The maximum Gasteiger partial charge on any atom is 0.383 e. The lowest BCUT2D eigenvalue weighted by Crippen LogP contribution is -2.14. The number of benzene rings is 1. The van der Waals surface area contributed by atoms with Gasteiger partial charge in [-0.2, -0.15) is 0 Å². The summed E-state index contributed by atoms with van der Waals surface area (Å²) in [5.41, 5.74) is 2.05. The van der Waals surface area contributed by atoms with E-state index >= 15 is 0 Å². The lowest BCUT2D eigenvalue weighted by molar-refractivity contribution is -0.132. The monoisotopic (exact) mass is 454 g/mol. The maximum atomic E-state index is 12.5. The summed E-state index contributed by atoms with van der Waals surface area (Å²) in [5, 5.41) is 0.461. The van der Waals surface area contributed by atoms with Gasteiger partial charge < -0.3 is 18.6 Å². The number of carbonyl (C=O) groups is 1. The SMILES string of the molecule is CC/C=C/CCOc1c(OC(C)=O)c(=O)oc2cccc(OC/C=C(\C)CCC=C(C)C)c12. The molecule has 0 amide bonds. The van der Waals surface area contributed by atoms with Crippen molar-refractivity contribution in [3.63, 3.8) is 0 Å². The molecular formula is C27H34O6. The fourth-order valence-corrected chi connectivity index (χ4v) is 3.14. The van der Waals surface area contributed by atoms with E-state index in [1.165, 1.54) is 18.1 Å². The summed E-state index contributed by atoms with van der Waals surface area (Å²) < 4.78 is 22.5. The van der Waals surface area contributed by atoms with E-state index in [4.69, 9.17) is 18.6 Å². The standard InChI is InChI=1S/C27H34O6/c1-6-7-8-9-17-31-25-24-22(30-18-16-20(4)13-10-12-19(2)3)14-11-15-23(24)33-27(29)26(25)32-21(5)28/h7-8,11-12,14-16H,6,9-10,13,17-18H2,1-5H3/b8-7+,20-16+. The summed E-state index contributed by atoms with van der Waals surface area (Å²) in [6.45, 7) is 10.2. The van der Waals surface area contributed by atoms with Crippen LogP contribution in [0.5, 0.6) is 17.2 Å². The molecule has 0 spiro atoms. The van der Waals surface area contributed by atoms with Gasteiger partial charge in [0, 0.05) is 6.92 Å². The fraction of sp³-hybridized carbons (Fsp3) is 0.407. The Hall–Kier alpha value is -3.28. The zero-order valence-electron chi connectivity index (χ0n) is 20.2. The van der Waals surface area contributed by atoms with Crippen molar-refractivity contribution in [1.29, 1.82) is 0 Å². The molecule has 0 unspecified atom stereocenters. The first-order valence-corrected chi connectivity index (χ1v) is 11.3. The minimum Gasteiger partial charge on any atom is -0.489 e. The molecular weight excluding hydrogens is 420 g/mol. The Labute approximate surface area is 195 Å². The zero-order valence-corrected chi connectivity index (χ0v) is 20.2. The first-order chi connectivity index (χ1) is 15.8. The Morgan fingerprint density at radius 3 is 2.48 bits per heavy atom. The molecule has 2 aromatic rings. The lowest BCUT2D eigenvalue weighted by atomic mass is 10.1. The molecule has 1 aromatic heterocycles. The second kappa shape index (κ2) is 13.3. The summed E-state index contributed by atoms with van der Waals surface area (Å²) in [7, 11) is 0. The normalized spacial score (nSPS) is 11.6. The zero-order chi connectivity index (χ0) is 24.2. The van der Waals surface area contributed by atoms with Crippen LogP contribution in [0.15, 0.2) is 62.9 Å². The Morgan fingerprint density at radius 2 is 1.79 bits per heavy atom. The van der Waals surface area contributed by atoms with Gasteiger partial charge in [-0.1, -0.05) is 42.4 Å². The maximum absolute atomic E-state index is 12.5. The number of carbonyl (C=O) groups excluding carboxylic acids is 1. The second-order valence-electron chi connectivity index (χ2n) is 7.97. The van der Waals surface area contributed by atoms with Gasteiger partial charge in [-0.3, -0.25) is 4.79 Å². The van der Waals surface area contributed by atoms with Crippen molar-refractivity contribution in [3.05, 3.63) is 64.1 Å². The highest BCUT2D eigenvalue weighted by atomic mass is 16.6. The van der Waals surface area contributed by atoms with Crippen molar-refractivity contribution in [2.24, 2.45) is 0 Å². The van der Waals surface area contributed by atoms with E-state index in [1.54, 1.807) is 18.2 Å². The largest absolute Gasteiger partial charge is 0.489 e. The minimum atomic E-state index is -0.774. The molecule has 0 aliphatic rings. The third-order valence-corrected chi connectivity index (χ3v) is 4.75. The van der Waals surface area contributed by atoms with Crippen LogP contribution in [0.2, 0.25) is 0 Å². The van der Waals surface area contributed by atoms with Crippen LogP contribution in [0, 0.1) is 0 Å². The molecule has 178 valence electrons. The van der Waals surface area contributed by atoms with E-state index in [9.17, 15) is 9.59 Å². The summed E-state index contributed by atoms with van der Waals surface area (Å²) in [6, 6.07) is 5.17. The molecule has 0 saturated heterocycles. The number of rotatable bonds is 12. The Morgan fingerprint density at radius 1 is 1.00 bits per heavy atom. The number of allylic oxidation sites excluding steroid dienone is 4. The first kappa shape index (κ1) is 26.0. The van der Waals surface area contributed by atoms with E-state index in [0.29, 0.717) is 36.4 Å². The van der Waals surface area contributed by atoms with Crippen molar-refractivity contribution in [1.82, 2.24) is 0 Å². The summed E-state index contributed by atoms with van der Waals surface area (Å²) in [5.74, 6) is -0.261. The topological polar surface area (TPSA) is 75.0 Å². The van der Waals surface area contributed by atoms with E-state index in [0.717, 1.165) is 19.3 Å². The molecule has 1 heterocycles. The van der Waals surface area contributed by atoms with E-state index in [2.05, 4.69) is 26.8 Å². The smallest absolute Gasteiger partial charge is 0.383 e. The van der Waals surface area contributed by atoms with Crippen LogP contribution >= 0.6 is 0 Å². The molecule has 0 aliphatic heterocycles. The number of hydrogen-bond donors (Lipinski definition) is 0. The molecule has 6 nitrogen and oxygen atoms in total. The molecule has 0 aliphatic carbocycles. The average Bonchev–Trinajstić information content (AvgIpc) is 2.75. The van der Waals surface area contributed by atoms with Gasteiger partial charge in [-0.05, 0) is 64.7 Å². The number of hydrogen-bond acceptors (Lipinski definition) is 6. The molecule has 0 saturated carbocycles. The Balaban J connectivity index is 2.35. The van der Waals surface area contributed by atoms with Crippen molar-refractivity contribution in [3.8, 4) is 17.2 Å². The van der Waals surface area contributed by atoms with Gasteiger partial charge in [-0.15, -0.1) is 0 Å². The van der Waals surface area contributed by atoms with Gasteiger partial charge in [0.15, 0.2) is 5.75 Å². The fourth-order valence-electron chi connectivity index (χ4n) is 3.14. The van der Waals surface area contributed by atoms with Crippen LogP contribution in [0.4, 0.5) is 0 Å². The van der Waals surface area contributed by atoms with Crippen molar-refractivity contribution in [2.45, 2.75) is 60.3 Å². The van der Waals surface area contributed by atoms with Crippen molar-refractivity contribution in [2.75, 3.05) is 13.2 Å². The van der Waals surface area contributed by atoms with Gasteiger partial charge in [0.1, 0.15) is 23.3 Å². The van der Waals surface area contributed by atoms with E-state index < -0.39 is 11.6 Å². The molecule has 0 fully saturated rings. The van der Waals surface area contributed by atoms with Crippen LogP contribution in [0.1, 0.15) is 60.3 Å². The molecule has 0 N–H and O–H groups in total. The van der Waals surface area contributed by atoms with Gasteiger partial charge in [-0.25, -0.2) is 4.79 Å². The minimum absolute atomic E-state index is 0.154. The van der Waals surface area contributed by atoms with Crippen LogP contribution in [-0.4, -0.2) is 19.2 Å². The number of esters is 1. The molecule has 2 rings (SSSR count). The summed E-state index contributed by atoms with van der Waals surface area (Å²) >= 11 is 0. The van der Waals surface area contributed by atoms with E-state index in [-0.39, 0.29) is 11.5 Å². The van der Waals surface area contributed by atoms with Crippen LogP contribution in [-0.2, 0) is 4.79 Å². The third kappa shape index (κ3) is 8.29. The van der Waals surface area contributed by atoms with Crippen LogP contribution in [0.25, 0.3) is 11.0 Å². The molecule has 33 heavy (non-hydrogen) atoms. The van der Waals surface area contributed by atoms with Gasteiger partial charge in [0.2, 0.25) is 0 Å². The summed E-state index contributed by atoms with van der Waals surface area (Å²) in [4.78, 5) is 24.1. The van der Waals surface area contributed by atoms with Crippen molar-refractivity contribution >= 4 is 16.9 Å². The molecule has 0 atom stereocenters. The van der Waals surface area contributed by atoms with Gasteiger partial charge >= 0.3 is 11.6 Å². The lowest BCUT2D eigenvalue weighted by Gasteiger charge is -2.15. The average molecular weight is 455 g/mol. The second-order valence-corrected chi connectivity index (χ2v) is 7.97. The predicted octanol–water partition coefficient (Wildman–Crippen LogP) is 6.52. The Bertz CT molecular complexity index is 1080. The number of ether oxygens (including phenoxy) is 3. The van der Waals surface area contributed by atoms with E-state index in [1.807, 2.05) is 25.2 Å². The highest BCUT2D eigenvalue weighted by Crippen LogP contribution is 2.39. The quantitative estimate of drug-likeness (QED) is 0.157.